The molecule has 0 unspecified atom stereocenters. The fourth-order valence-electron chi connectivity index (χ4n) is 3.31. The number of likely N-dealkylation sites (tertiary alicyclic amines) is 1. The van der Waals surface area contributed by atoms with Crippen molar-refractivity contribution in [3.63, 3.8) is 0 Å². The number of piperidine rings is 1. The molecule has 1 fully saturated rings. The zero-order valence-electron chi connectivity index (χ0n) is 15.6. The highest BCUT2D eigenvalue weighted by atomic mass is 32.2. The number of carbonyl (C=O) groups excluding carboxylic acids is 1. The molecule has 5 nitrogen and oxygen atoms in total. The number of carbonyl (C=O) groups is 1. The lowest BCUT2D eigenvalue weighted by Gasteiger charge is -2.32. The van der Waals surface area contributed by atoms with Crippen LogP contribution in [-0.2, 0) is 11.3 Å². The molecule has 1 amide bonds. The number of amides is 1. The molecule has 0 radical (unpaired) electrons. The van der Waals surface area contributed by atoms with E-state index in [4.69, 9.17) is 0 Å². The van der Waals surface area contributed by atoms with E-state index in [2.05, 4.69) is 36.2 Å². The third-order valence-electron chi connectivity index (χ3n) is 4.73. The van der Waals surface area contributed by atoms with E-state index in [0.717, 1.165) is 31.6 Å². The Morgan fingerprint density at radius 1 is 1.19 bits per heavy atom. The van der Waals surface area contributed by atoms with Crippen LogP contribution in [0.3, 0.4) is 0 Å². The van der Waals surface area contributed by atoms with Crippen molar-refractivity contribution in [3.05, 3.63) is 57.8 Å². The van der Waals surface area contributed by atoms with Crippen LogP contribution in [0, 0.1) is 20.8 Å². The lowest BCUT2D eigenvalue weighted by atomic mass is 10.1. The number of benzene rings is 1. The second kappa shape index (κ2) is 8.08. The van der Waals surface area contributed by atoms with Crippen molar-refractivity contribution in [2.45, 2.75) is 50.3 Å². The normalized spacial score (nSPS) is 15.3. The summed E-state index contributed by atoms with van der Waals surface area (Å²) in [6, 6.07) is 10.4. The highest BCUT2D eigenvalue weighted by Crippen LogP contribution is 2.30. The van der Waals surface area contributed by atoms with Gasteiger partial charge in [-0.1, -0.05) is 17.7 Å². The van der Waals surface area contributed by atoms with Crippen LogP contribution in [0.4, 0.5) is 0 Å². The second-order valence-corrected chi connectivity index (χ2v) is 8.30. The summed E-state index contributed by atoms with van der Waals surface area (Å²) in [5, 5.41) is 0.534. The van der Waals surface area contributed by atoms with Crippen molar-refractivity contribution in [2.75, 3.05) is 13.1 Å². The van der Waals surface area contributed by atoms with Crippen LogP contribution in [0.5, 0.6) is 0 Å². The predicted octanol–water partition coefficient (Wildman–Crippen LogP) is 2.95. The molecule has 0 atom stereocenters. The van der Waals surface area contributed by atoms with E-state index in [1.165, 1.54) is 15.0 Å². The van der Waals surface area contributed by atoms with Crippen LogP contribution < -0.4 is 5.69 Å². The van der Waals surface area contributed by atoms with Crippen LogP contribution in [-0.4, -0.2) is 38.7 Å². The van der Waals surface area contributed by atoms with Crippen LogP contribution >= 0.6 is 11.8 Å². The average Bonchev–Trinajstić information content (AvgIpc) is 2.58. The summed E-state index contributed by atoms with van der Waals surface area (Å²) in [5.41, 5.74) is 2.39. The monoisotopic (exact) mass is 371 g/mol. The molecule has 0 N–H and O–H groups in total. The maximum absolute atomic E-state index is 12.6. The van der Waals surface area contributed by atoms with E-state index in [1.807, 2.05) is 29.7 Å². The Morgan fingerprint density at radius 2 is 1.92 bits per heavy atom. The van der Waals surface area contributed by atoms with E-state index >= 15 is 0 Å². The molecule has 1 aliphatic rings. The summed E-state index contributed by atoms with van der Waals surface area (Å²) in [4.78, 5) is 31.7. The molecule has 138 valence electrons. The molecule has 26 heavy (non-hydrogen) atoms. The highest BCUT2D eigenvalue weighted by Gasteiger charge is 2.24. The first-order valence-corrected chi connectivity index (χ1v) is 9.86. The Morgan fingerprint density at radius 3 is 2.58 bits per heavy atom. The summed E-state index contributed by atoms with van der Waals surface area (Å²) in [7, 11) is 0. The van der Waals surface area contributed by atoms with Gasteiger partial charge in [-0.25, -0.2) is 4.79 Å². The Labute approximate surface area is 158 Å². The Balaban J connectivity index is 1.56. The zero-order chi connectivity index (χ0) is 18.7. The van der Waals surface area contributed by atoms with E-state index in [-0.39, 0.29) is 18.1 Å². The Kier molecular flexibility index (Phi) is 5.81. The largest absolute Gasteiger partial charge is 0.348 e. The zero-order valence-corrected chi connectivity index (χ0v) is 16.4. The minimum Gasteiger partial charge on any atom is -0.341 e. The summed E-state index contributed by atoms with van der Waals surface area (Å²) in [6.07, 6.45) is 1.95. The van der Waals surface area contributed by atoms with Crippen LogP contribution in [0.1, 0.15) is 29.8 Å². The highest BCUT2D eigenvalue weighted by molar-refractivity contribution is 8.00. The first-order valence-electron chi connectivity index (χ1n) is 8.98. The minimum atomic E-state index is -0.347. The predicted molar refractivity (Wildman–Crippen MR) is 105 cm³/mol. The van der Waals surface area contributed by atoms with E-state index < -0.39 is 0 Å². The fraction of sp³-hybridized carbons (Fsp3) is 0.450. The van der Waals surface area contributed by atoms with Gasteiger partial charge in [0.2, 0.25) is 5.91 Å². The second-order valence-electron chi connectivity index (χ2n) is 6.92. The fourth-order valence-corrected chi connectivity index (χ4v) is 4.55. The van der Waals surface area contributed by atoms with E-state index in [9.17, 15) is 9.59 Å². The maximum Gasteiger partial charge on any atom is 0.348 e. The number of hydrogen-bond donors (Lipinski definition) is 0. The molecule has 1 aliphatic heterocycles. The van der Waals surface area contributed by atoms with Gasteiger partial charge in [0, 0.05) is 34.6 Å². The van der Waals surface area contributed by atoms with Crippen molar-refractivity contribution >= 4 is 17.7 Å². The smallest absolute Gasteiger partial charge is 0.341 e. The van der Waals surface area contributed by atoms with Gasteiger partial charge in [-0.05, 0) is 51.8 Å². The molecule has 1 saturated heterocycles. The quantitative estimate of drug-likeness (QED) is 0.829. The van der Waals surface area contributed by atoms with Crippen LogP contribution in [0.15, 0.2) is 40.0 Å². The summed E-state index contributed by atoms with van der Waals surface area (Å²) in [5.74, 6) is -0.000131. The van der Waals surface area contributed by atoms with Crippen molar-refractivity contribution < 1.29 is 4.79 Å². The molecule has 1 aromatic heterocycles. The minimum absolute atomic E-state index is 0.000131. The molecule has 0 aliphatic carbocycles. The number of thioether (sulfide) groups is 1. The van der Waals surface area contributed by atoms with Crippen LogP contribution in [0.2, 0.25) is 0 Å². The molecule has 0 saturated carbocycles. The van der Waals surface area contributed by atoms with Crippen molar-refractivity contribution in [1.82, 2.24) is 14.5 Å². The Bertz CT molecular complexity index is 854. The number of nitrogens with zero attached hydrogens (tertiary/aromatic N) is 3. The van der Waals surface area contributed by atoms with Crippen molar-refractivity contribution in [3.8, 4) is 0 Å². The van der Waals surface area contributed by atoms with Crippen LogP contribution in [0.25, 0.3) is 0 Å². The summed E-state index contributed by atoms with van der Waals surface area (Å²) in [6.45, 7) is 7.30. The van der Waals surface area contributed by atoms with Gasteiger partial charge in [-0.3, -0.25) is 9.36 Å². The van der Waals surface area contributed by atoms with Gasteiger partial charge in [0.25, 0.3) is 0 Å². The van der Waals surface area contributed by atoms with Gasteiger partial charge < -0.3 is 4.90 Å². The van der Waals surface area contributed by atoms with Crippen molar-refractivity contribution in [2.24, 2.45) is 0 Å². The Hall–Kier alpha value is -2.08. The van der Waals surface area contributed by atoms with E-state index in [1.54, 1.807) is 6.92 Å². The van der Waals surface area contributed by atoms with Crippen molar-refractivity contribution in [1.29, 1.82) is 0 Å². The molecule has 2 aromatic rings. The first kappa shape index (κ1) is 18.7. The average molecular weight is 372 g/mol. The third kappa shape index (κ3) is 4.55. The number of hydrogen-bond acceptors (Lipinski definition) is 4. The molecule has 2 heterocycles. The number of aromatic nitrogens is 2. The number of rotatable bonds is 4. The van der Waals surface area contributed by atoms with Gasteiger partial charge in [0.15, 0.2) is 0 Å². The van der Waals surface area contributed by atoms with Gasteiger partial charge in [0.05, 0.1) is 0 Å². The molecular formula is C20H25N3O2S. The first-order chi connectivity index (χ1) is 12.4. The van der Waals surface area contributed by atoms with Gasteiger partial charge in [-0.15, -0.1) is 11.8 Å². The molecular weight excluding hydrogens is 346 g/mol. The molecule has 6 heteroatoms. The summed E-state index contributed by atoms with van der Waals surface area (Å²) >= 11 is 1.90. The standard InChI is InChI=1S/C20H25N3O2S/c1-14-5-4-6-18(11-14)26-17-7-9-22(10-8-17)19(24)13-23-16(3)12-15(2)21-20(23)25/h4-6,11-12,17H,7-10,13H2,1-3H3. The lowest BCUT2D eigenvalue weighted by molar-refractivity contribution is -0.132. The van der Waals surface area contributed by atoms with Gasteiger partial charge >= 0.3 is 5.69 Å². The SMILES string of the molecule is Cc1cccc(SC2CCN(C(=O)Cn3c(C)cc(C)nc3=O)CC2)c1. The van der Waals surface area contributed by atoms with E-state index in [0.29, 0.717) is 10.9 Å². The third-order valence-corrected chi connectivity index (χ3v) is 6.06. The molecule has 0 bridgehead atoms. The molecule has 3 rings (SSSR count). The van der Waals surface area contributed by atoms with Gasteiger partial charge in [0.1, 0.15) is 6.54 Å². The topological polar surface area (TPSA) is 55.2 Å². The number of aryl methyl sites for hydroxylation is 3. The maximum atomic E-state index is 12.6. The molecule has 1 aromatic carbocycles. The lowest BCUT2D eigenvalue weighted by Crippen LogP contribution is -2.42. The summed E-state index contributed by atoms with van der Waals surface area (Å²) < 4.78 is 1.46. The van der Waals surface area contributed by atoms with Gasteiger partial charge in [-0.2, -0.15) is 4.98 Å². The molecule has 0 spiro atoms.